The molecule has 0 fully saturated rings. The van der Waals surface area contributed by atoms with Crippen molar-refractivity contribution in [3.8, 4) is 11.5 Å². The number of para-hydroxylation sites is 2. The fourth-order valence-corrected chi connectivity index (χ4v) is 3.32. The van der Waals surface area contributed by atoms with Gasteiger partial charge in [0.15, 0.2) is 5.82 Å². The molecule has 4 rings (SSSR count). The molecule has 0 saturated carbocycles. The molecule has 0 atom stereocenters. The zero-order chi connectivity index (χ0) is 18.8. The molecule has 0 radical (unpaired) electrons. The van der Waals surface area contributed by atoms with Gasteiger partial charge < -0.3 is 9.88 Å². The van der Waals surface area contributed by atoms with Gasteiger partial charge in [0.05, 0.1) is 11.0 Å². The Balaban J connectivity index is 1.69. The summed E-state index contributed by atoms with van der Waals surface area (Å²) in [6.45, 7) is 4.20. The molecule has 0 saturated heterocycles. The standard InChI is InChI=1S/C22H20N4O/c1-15-11-16(2)13-17(12-15)24-21(27)14-26-20-9-4-3-7-18(20)25-22(26)19-8-5-6-10-23-19/h3-13H,14H2,1-2H3,(H,24,27). The third-order valence-electron chi connectivity index (χ3n) is 4.36. The number of anilines is 1. The number of fused-ring (bicyclic) bond motifs is 1. The van der Waals surface area contributed by atoms with Crippen molar-refractivity contribution in [2.45, 2.75) is 20.4 Å². The fourth-order valence-electron chi connectivity index (χ4n) is 3.32. The molecule has 2 aromatic heterocycles. The average molecular weight is 356 g/mol. The average Bonchev–Trinajstić information content (AvgIpc) is 3.00. The maximum absolute atomic E-state index is 12.7. The third-order valence-corrected chi connectivity index (χ3v) is 4.36. The van der Waals surface area contributed by atoms with E-state index >= 15 is 0 Å². The molecular formula is C22H20N4O. The molecule has 134 valence electrons. The van der Waals surface area contributed by atoms with Crippen molar-refractivity contribution >= 4 is 22.6 Å². The maximum atomic E-state index is 12.7. The van der Waals surface area contributed by atoms with E-state index in [0.717, 1.165) is 33.5 Å². The van der Waals surface area contributed by atoms with E-state index in [9.17, 15) is 4.79 Å². The Labute approximate surface area is 157 Å². The normalized spacial score (nSPS) is 10.9. The Kier molecular flexibility index (Phi) is 4.42. The van der Waals surface area contributed by atoms with Crippen LogP contribution in [0.3, 0.4) is 0 Å². The topological polar surface area (TPSA) is 59.8 Å². The molecule has 0 aliphatic rings. The zero-order valence-corrected chi connectivity index (χ0v) is 15.3. The van der Waals surface area contributed by atoms with Gasteiger partial charge in [-0.05, 0) is 61.4 Å². The first-order chi connectivity index (χ1) is 13.1. The third kappa shape index (κ3) is 3.58. The lowest BCUT2D eigenvalue weighted by Gasteiger charge is -2.11. The Morgan fingerprint density at radius 3 is 2.48 bits per heavy atom. The van der Waals surface area contributed by atoms with Gasteiger partial charge in [-0.15, -0.1) is 0 Å². The van der Waals surface area contributed by atoms with E-state index < -0.39 is 0 Å². The van der Waals surface area contributed by atoms with Crippen molar-refractivity contribution in [1.82, 2.24) is 14.5 Å². The van der Waals surface area contributed by atoms with Crippen molar-refractivity contribution in [3.05, 3.63) is 78.0 Å². The minimum Gasteiger partial charge on any atom is -0.325 e. The summed E-state index contributed by atoms with van der Waals surface area (Å²) >= 11 is 0. The summed E-state index contributed by atoms with van der Waals surface area (Å²) < 4.78 is 1.91. The van der Waals surface area contributed by atoms with E-state index in [1.807, 2.05) is 73.0 Å². The van der Waals surface area contributed by atoms with Crippen LogP contribution in [-0.4, -0.2) is 20.4 Å². The van der Waals surface area contributed by atoms with Crippen LogP contribution in [0.5, 0.6) is 0 Å². The van der Waals surface area contributed by atoms with Crippen LogP contribution in [-0.2, 0) is 11.3 Å². The van der Waals surface area contributed by atoms with Crippen LogP contribution in [0.15, 0.2) is 66.9 Å². The molecule has 4 aromatic rings. The highest BCUT2D eigenvalue weighted by molar-refractivity contribution is 5.92. The number of pyridine rings is 1. The van der Waals surface area contributed by atoms with Crippen molar-refractivity contribution < 1.29 is 4.79 Å². The lowest BCUT2D eigenvalue weighted by molar-refractivity contribution is -0.116. The van der Waals surface area contributed by atoms with E-state index in [0.29, 0.717) is 5.82 Å². The highest BCUT2D eigenvalue weighted by Gasteiger charge is 2.16. The number of carbonyl (C=O) groups excluding carboxylic acids is 1. The van der Waals surface area contributed by atoms with Gasteiger partial charge in [0.2, 0.25) is 5.91 Å². The number of aromatic nitrogens is 3. The van der Waals surface area contributed by atoms with E-state index in [1.54, 1.807) is 6.20 Å². The summed E-state index contributed by atoms with van der Waals surface area (Å²) in [6.07, 6.45) is 1.73. The van der Waals surface area contributed by atoms with Crippen LogP contribution in [0.2, 0.25) is 0 Å². The van der Waals surface area contributed by atoms with Crippen molar-refractivity contribution in [2.24, 2.45) is 0 Å². The highest BCUT2D eigenvalue weighted by Crippen LogP contribution is 2.23. The van der Waals surface area contributed by atoms with E-state index in [4.69, 9.17) is 4.98 Å². The number of nitrogens with zero attached hydrogens (tertiary/aromatic N) is 3. The minimum atomic E-state index is -0.0969. The largest absolute Gasteiger partial charge is 0.325 e. The lowest BCUT2D eigenvalue weighted by atomic mass is 10.1. The molecule has 1 N–H and O–H groups in total. The number of hydrogen-bond donors (Lipinski definition) is 1. The van der Waals surface area contributed by atoms with Gasteiger partial charge in [-0.3, -0.25) is 9.78 Å². The monoisotopic (exact) mass is 356 g/mol. The molecule has 0 bridgehead atoms. The molecule has 2 aromatic carbocycles. The quantitative estimate of drug-likeness (QED) is 0.591. The molecular weight excluding hydrogens is 336 g/mol. The molecule has 0 aliphatic heterocycles. The van der Waals surface area contributed by atoms with Gasteiger partial charge in [-0.2, -0.15) is 0 Å². The van der Waals surface area contributed by atoms with E-state index in [2.05, 4.69) is 16.4 Å². The minimum absolute atomic E-state index is 0.0969. The molecule has 0 aliphatic carbocycles. The van der Waals surface area contributed by atoms with Crippen LogP contribution in [0, 0.1) is 13.8 Å². The molecule has 5 heteroatoms. The summed E-state index contributed by atoms with van der Waals surface area (Å²) in [4.78, 5) is 21.8. The van der Waals surface area contributed by atoms with E-state index in [1.165, 1.54) is 0 Å². The van der Waals surface area contributed by atoms with Crippen LogP contribution < -0.4 is 5.32 Å². The number of rotatable bonds is 4. The first-order valence-corrected chi connectivity index (χ1v) is 8.85. The molecule has 1 amide bonds. The van der Waals surface area contributed by atoms with Gasteiger partial charge >= 0.3 is 0 Å². The first kappa shape index (κ1) is 17.0. The second kappa shape index (κ2) is 7.03. The molecule has 27 heavy (non-hydrogen) atoms. The first-order valence-electron chi connectivity index (χ1n) is 8.85. The summed E-state index contributed by atoms with van der Waals surface area (Å²) in [5.41, 5.74) is 5.54. The van der Waals surface area contributed by atoms with Crippen LogP contribution >= 0.6 is 0 Å². The Hall–Kier alpha value is -3.47. The number of hydrogen-bond acceptors (Lipinski definition) is 3. The molecule has 0 spiro atoms. The van der Waals surface area contributed by atoms with Gasteiger partial charge in [0.1, 0.15) is 12.2 Å². The van der Waals surface area contributed by atoms with Gasteiger partial charge in [-0.1, -0.05) is 24.3 Å². The predicted octanol–water partition coefficient (Wildman–Crippen LogP) is 4.35. The number of imidazole rings is 1. The Morgan fingerprint density at radius 2 is 1.74 bits per heavy atom. The van der Waals surface area contributed by atoms with Gasteiger partial charge in [0, 0.05) is 11.9 Å². The number of aryl methyl sites for hydroxylation is 2. The van der Waals surface area contributed by atoms with Crippen molar-refractivity contribution in [2.75, 3.05) is 5.32 Å². The number of amides is 1. The van der Waals surface area contributed by atoms with Crippen molar-refractivity contribution in [1.29, 1.82) is 0 Å². The number of benzene rings is 2. The number of carbonyl (C=O) groups is 1. The summed E-state index contributed by atoms with van der Waals surface area (Å²) in [6, 6.07) is 19.5. The summed E-state index contributed by atoms with van der Waals surface area (Å²) in [5, 5.41) is 3.00. The number of nitrogens with one attached hydrogen (secondary N) is 1. The second-order valence-electron chi connectivity index (χ2n) is 6.65. The Bertz CT molecular complexity index is 1100. The summed E-state index contributed by atoms with van der Waals surface area (Å²) in [5.74, 6) is 0.590. The fraction of sp³-hybridized carbons (Fsp3) is 0.136. The summed E-state index contributed by atoms with van der Waals surface area (Å²) in [7, 11) is 0. The van der Waals surface area contributed by atoms with Crippen LogP contribution in [0.25, 0.3) is 22.6 Å². The zero-order valence-electron chi connectivity index (χ0n) is 15.3. The van der Waals surface area contributed by atoms with Gasteiger partial charge in [-0.25, -0.2) is 4.98 Å². The van der Waals surface area contributed by atoms with Crippen LogP contribution in [0.4, 0.5) is 5.69 Å². The maximum Gasteiger partial charge on any atom is 0.244 e. The van der Waals surface area contributed by atoms with Gasteiger partial charge in [0.25, 0.3) is 0 Å². The smallest absolute Gasteiger partial charge is 0.244 e. The SMILES string of the molecule is Cc1cc(C)cc(NC(=O)Cn2c(-c3ccccn3)nc3ccccc32)c1. The Morgan fingerprint density at radius 1 is 1.00 bits per heavy atom. The predicted molar refractivity (Wildman–Crippen MR) is 108 cm³/mol. The molecule has 2 heterocycles. The highest BCUT2D eigenvalue weighted by atomic mass is 16.1. The second-order valence-corrected chi connectivity index (χ2v) is 6.65. The van der Waals surface area contributed by atoms with Crippen molar-refractivity contribution in [3.63, 3.8) is 0 Å². The molecule has 0 unspecified atom stereocenters. The van der Waals surface area contributed by atoms with E-state index in [-0.39, 0.29) is 12.5 Å². The van der Waals surface area contributed by atoms with Crippen LogP contribution in [0.1, 0.15) is 11.1 Å². The molecule has 5 nitrogen and oxygen atoms in total. The lowest BCUT2D eigenvalue weighted by Crippen LogP contribution is -2.19.